The van der Waals surface area contributed by atoms with Crippen LogP contribution in [0.15, 0.2) is 77.6 Å². The van der Waals surface area contributed by atoms with Crippen molar-refractivity contribution >= 4 is 28.3 Å². The SMILES string of the molecule is CCCCCCN(C(=O)Nc1ccc([N+](=O)[O-])cc1)C(CC)c1nc2ccccc2c(=O)n1-c1ccc(CC)cc1. The van der Waals surface area contributed by atoms with E-state index in [2.05, 4.69) is 19.2 Å². The summed E-state index contributed by atoms with van der Waals surface area (Å²) >= 11 is 0. The second kappa shape index (κ2) is 13.7. The second-order valence-electron chi connectivity index (χ2n) is 10.1. The van der Waals surface area contributed by atoms with E-state index in [1.54, 1.807) is 15.5 Å². The predicted molar refractivity (Wildman–Crippen MR) is 163 cm³/mol. The van der Waals surface area contributed by atoms with E-state index in [0.29, 0.717) is 41.1 Å². The van der Waals surface area contributed by atoms with E-state index >= 15 is 0 Å². The number of urea groups is 1. The highest BCUT2D eigenvalue weighted by molar-refractivity contribution is 5.89. The van der Waals surface area contributed by atoms with Gasteiger partial charge in [-0.05, 0) is 61.2 Å². The van der Waals surface area contributed by atoms with Gasteiger partial charge >= 0.3 is 6.03 Å². The van der Waals surface area contributed by atoms with E-state index in [1.165, 1.54) is 24.3 Å². The maximum Gasteiger partial charge on any atom is 0.322 e. The fourth-order valence-electron chi connectivity index (χ4n) is 5.02. The van der Waals surface area contributed by atoms with Crippen molar-refractivity contribution in [3.05, 3.63) is 105 Å². The number of carbonyl (C=O) groups is 1. The Labute approximate surface area is 240 Å². The lowest BCUT2D eigenvalue weighted by Crippen LogP contribution is -2.41. The highest BCUT2D eigenvalue weighted by Crippen LogP contribution is 2.28. The fraction of sp³-hybridized carbons (Fsp3) is 0.344. The lowest BCUT2D eigenvalue weighted by molar-refractivity contribution is -0.384. The van der Waals surface area contributed by atoms with Gasteiger partial charge in [-0.3, -0.25) is 19.5 Å². The quantitative estimate of drug-likeness (QED) is 0.111. The Morgan fingerprint density at radius 2 is 1.68 bits per heavy atom. The third-order valence-electron chi connectivity index (χ3n) is 7.31. The molecule has 0 aliphatic carbocycles. The van der Waals surface area contributed by atoms with Gasteiger partial charge in [0, 0.05) is 24.4 Å². The molecule has 0 aliphatic heterocycles. The van der Waals surface area contributed by atoms with E-state index in [4.69, 9.17) is 4.98 Å². The first-order valence-electron chi connectivity index (χ1n) is 14.3. The summed E-state index contributed by atoms with van der Waals surface area (Å²) < 4.78 is 1.63. The fourth-order valence-corrected chi connectivity index (χ4v) is 5.02. The molecule has 4 rings (SSSR count). The number of anilines is 1. The maximum absolute atomic E-state index is 13.9. The maximum atomic E-state index is 13.9. The number of aryl methyl sites for hydroxylation is 1. The zero-order valence-electron chi connectivity index (χ0n) is 23.9. The third kappa shape index (κ3) is 6.80. The van der Waals surface area contributed by atoms with Gasteiger partial charge in [0.1, 0.15) is 5.82 Å². The molecule has 0 radical (unpaired) electrons. The van der Waals surface area contributed by atoms with Crippen molar-refractivity contribution in [3.63, 3.8) is 0 Å². The molecule has 3 aromatic carbocycles. The Balaban J connectivity index is 1.80. The molecule has 4 aromatic rings. The average molecular weight is 556 g/mol. The number of non-ortho nitro benzene ring substituents is 1. The third-order valence-corrected chi connectivity index (χ3v) is 7.31. The zero-order valence-corrected chi connectivity index (χ0v) is 23.9. The molecule has 0 fully saturated rings. The molecule has 0 saturated heterocycles. The predicted octanol–water partition coefficient (Wildman–Crippen LogP) is 7.42. The molecular weight excluding hydrogens is 518 g/mol. The molecule has 2 amide bonds. The average Bonchev–Trinajstić information content (AvgIpc) is 2.99. The van der Waals surface area contributed by atoms with Gasteiger partial charge in [-0.1, -0.05) is 64.3 Å². The van der Waals surface area contributed by atoms with Crippen LogP contribution in [-0.2, 0) is 6.42 Å². The summed E-state index contributed by atoms with van der Waals surface area (Å²) in [7, 11) is 0. The van der Waals surface area contributed by atoms with Crippen molar-refractivity contribution in [3.8, 4) is 5.69 Å². The zero-order chi connectivity index (χ0) is 29.4. The number of nitrogens with one attached hydrogen (secondary N) is 1. The Bertz CT molecular complexity index is 1550. The number of fused-ring (bicyclic) bond motifs is 1. The largest absolute Gasteiger partial charge is 0.322 e. The van der Waals surface area contributed by atoms with Crippen LogP contribution in [0.2, 0.25) is 0 Å². The normalized spacial score (nSPS) is 11.8. The lowest BCUT2D eigenvalue weighted by Gasteiger charge is -2.32. The molecule has 0 bridgehead atoms. The lowest BCUT2D eigenvalue weighted by atomic mass is 10.1. The Morgan fingerprint density at radius 1 is 0.976 bits per heavy atom. The molecular formula is C32H37N5O4. The van der Waals surface area contributed by atoms with Crippen LogP contribution in [-0.4, -0.2) is 32.0 Å². The van der Waals surface area contributed by atoms with E-state index in [-0.39, 0.29) is 17.3 Å². The van der Waals surface area contributed by atoms with Crippen LogP contribution in [0.5, 0.6) is 0 Å². The number of para-hydroxylation sites is 1. The molecule has 214 valence electrons. The van der Waals surface area contributed by atoms with Gasteiger partial charge in [-0.15, -0.1) is 0 Å². The van der Waals surface area contributed by atoms with Crippen LogP contribution >= 0.6 is 0 Å². The number of amides is 2. The number of hydrogen-bond acceptors (Lipinski definition) is 5. The number of nitrogens with zero attached hydrogens (tertiary/aromatic N) is 4. The minimum absolute atomic E-state index is 0.0515. The van der Waals surface area contributed by atoms with Crippen molar-refractivity contribution < 1.29 is 9.72 Å². The number of nitro benzene ring substituents is 1. The summed E-state index contributed by atoms with van der Waals surface area (Å²) in [5.41, 5.74) is 2.64. The minimum atomic E-state index is -0.502. The molecule has 1 unspecified atom stereocenters. The van der Waals surface area contributed by atoms with Gasteiger partial charge in [-0.25, -0.2) is 9.78 Å². The highest BCUT2D eigenvalue weighted by Gasteiger charge is 2.29. The summed E-state index contributed by atoms with van der Waals surface area (Å²) in [6.45, 7) is 6.66. The van der Waals surface area contributed by atoms with E-state index in [1.807, 2.05) is 49.4 Å². The minimum Gasteiger partial charge on any atom is -0.314 e. The number of carbonyl (C=O) groups excluding carboxylic acids is 1. The summed E-state index contributed by atoms with van der Waals surface area (Å²) in [5, 5.41) is 14.5. The van der Waals surface area contributed by atoms with Crippen molar-refractivity contribution in [1.82, 2.24) is 14.5 Å². The van der Waals surface area contributed by atoms with Crippen molar-refractivity contribution in [2.24, 2.45) is 0 Å². The molecule has 0 spiro atoms. The molecule has 9 nitrogen and oxygen atoms in total. The molecule has 0 saturated carbocycles. The van der Waals surface area contributed by atoms with Crippen LogP contribution in [0, 0.1) is 10.1 Å². The first kappa shape index (κ1) is 29.5. The van der Waals surface area contributed by atoms with Crippen molar-refractivity contribution in [1.29, 1.82) is 0 Å². The smallest absolute Gasteiger partial charge is 0.314 e. The Hall–Kier alpha value is -4.53. The number of hydrogen-bond donors (Lipinski definition) is 1. The Morgan fingerprint density at radius 3 is 2.32 bits per heavy atom. The van der Waals surface area contributed by atoms with Gasteiger partial charge in [-0.2, -0.15) is 0 Å². The van der Waals surface area contributed by atoms with Crippen LogP contribution in [0.4, 0.5) is 16.2 Å². The monoisotopic (exact) mass is 555 g/mol. The second-order valence-corrected chi connectivity index (χ2v) is 10.1. The highest BCUT2D eigenvalue weighted by atomic mass is 16.6. The van der Waals surface area contributed by atoms with Crippen molar-refractivity contribution in [2.45, 2.75) is 65.3 Å². The van der Waals surface area contributed by atoms with Crippen molar-refractivity contribution in [2.75, 3.05) is 11.9 Å². The summed E-state index contributed by atoms with van der Waals surface area (Å²) in [6.07, 6.45) is 5.28. The topological polar surface area (TPSA) is 110 Å². The number of unbranched alkanes of at least 4 members (excludes halogenated alkanes) is 3. The number of nitro groups is 1. The molecule has 0 aliphatic rings. The molecule has 41 heavy (non-hydrogen) atoms. The molecule has 9 heteroatoms. The first-order valence-corrected chi connectivity index (χ1v) is 14.3. The van der Waals surface area contributed by atoms with Crippen LogP contribution in [0.25, 0.3) is 16.6 Å². The number of rotatable bonds is 12. The summed E-state index contributed by atoms with van der Waals surface area (Å²) in [4.78, 5) is 45.1. The standard InChI is InChI=1S/C32H37N5O4/c1-4-7-8-11-22-35(32(39)33-24-16-20-26(21-17-24)37(40)41)29(6-3)30-34-28-13-10-9-12-27(28)31(38)36(30)25-18-14-23(5-2)15-19-25/h9-10,12-21,29H,4-8,11,22H2,1-3H3,(H,33,39). The first-order chi connectivity index (χ1) is 19.9. The van der Waals surface area contributed by atoms with E-state index in [9.17, 15) is 19.7 Å². The molecule has 1 aromatic heterocycles. The van der Waals surface area contributed by atoms with Gasteiger partial charge in [0.05, 0.1) is 27.6 Å². The van der Waals surface area contributed by atoms with Gasteiger partial charge in [0.15, 0.2) is 0 Å². The summed E-state index contributed by atoms with van der Waals surface area (Å²) in [5.74, 6) is 0.495. The number of aromatic nitrogens is 2. The van der Waals surface area contributed by atoms with Crippen LogP contribution in [0.3, 0.4) is 0 Å². The Kier molecular flexibility index (Phi) is 9.84. The van der Waals surface area contributed by atoms with Gasteiger partial charge in [0.25, 0.3) is 11.2 Å². The van der Waals surface area contributed by atoms with Crippen LogP contribution < -0.4 is 10.9 Å². The van der Waals surface area contributed by atoms with E-state index in [0.717, 1.165) is 37.7 Å². The van der Waals surface area contributed by atoms with Crippen LogP contribution in [0.1, 0.15) is 70.3 Å². The van der Waals surface area contributed by atoms with Gasteiger partial charge < -0.3 is 10.2 Å². The molecule has 1 heterocycles. The van der Waals surface area contributed by atoms with E-state index < -0.39 is 11.0 Å². The molecule has 1 atom stereocenters. The summed E-state index contributed by atoms with van der Waals surface area (Å²) in [6, 6.07) is 20.0. The van der Waals surface area contributed by atoms with Gasteiger partial charge in [0.2, 0.25) is 0 Å². The molecule has 1 N–H and O–H groups in total. The number of benzene rings is 3.